The number of ether oxygens (including phenoxy) is 2. The van der Waals surface area contributed by atoms with Gasteiger partial charge < -0.3 is 20.1 Å². The number of benzene rings is 3. The fourth-order valence-corrected chi connectivity index (χ4v) is 3.98. The van der Waals surface area contributed by atoms with E-state index in [4.69, 9.17) is 14.5 Å². The molecular formula is C29H32N4O3. The number of hydrogen-bond acceptors (Lipinski definition) is 6. The summed E-state index contributed by atoms with van der Waals surface area (Å²) in [4.78, 5) is 19.3. The summed E-state index contributed by atoms with van der Waals surface area (Å²) in [6, 6.07) is 23.5. The van der Waals surface area contributed by atoms with Crippen LogP contribution in [0.15, 0.2) is 72.8 Å². The van der Waals surface area contributed by atoms with Gasteiger partial charge >= 0.3 is 0 Å². The Bertz CT molecular complexity index is 1320. The van der Waals surface area contributed by atoms with E-state index in [1.165, 1.54) is 0 Å². The predicted molar refractivity (Wildman–Crippen MR) is 146 cm³/mol. The van der Waals surface area contributed by atoms with Crippen molar-refractivity contribution in [3.05, 3.63) is 72.8 Å². The van der Waals surface area contributed by atoms with Gasteiger partial charge in [-0.2, -0.15) is 0 Å². The van der Waals surface area contributed by atoms with Crippen LogP contribution in [0.2, 0.25) is 0 Å². The van der Waals surface area contributed by atoms with Crippen molar-refractivity contribution in [2.75, 3.05) is 44.5 Å². The number of nitrogens with one attached hydrogen (secondary N) is 2. The number of rotatable bonds is 10. The first kappa shape index (κ1) is 25.0. The van der Waals surface area contributed by atoms with E-state index >= 15 is 0 Å². The average molecular weight is 485 g/mol. The topological polar surface area (TPSA) is 75.7 Å². The summed E-state index contributed by atoms with van der Waals surface area (Å²) in [6.45, 7) is 6.16. The fraction of sp³-hybridized carbons (Fsp3) is 0.241. The van der Waals surface area contributed by atoms with Gasteiger partial charge in [-0.05, 0) is 73.3 Å². The van der Waals surface area contributed by atoms with E-state index in [1.807, 2.05) is 80.6 Å². The molecule has 0 aliphatic rings. The minimum Gasteiger partial charge on any atom is -0.497 e. The molecule has 0 spiro atoms. The van der Waals surface area contributed by atoms with Crippen molar-refractivity contribution in [2.24, 2.45) is 0 Å². The molecule has 0 aliphatic heterocycles. The van der Waals surface area contributed by atoms with Gasteiger partial charge in [-0.25, -0.2) is 4.98 Å². The molecule has 0 unspecified atom stereocenters. The van der Waals surface area contributed by atoms with Gasteiger partial charge in [-0.15, -0.1) is 0 Å². The lowest BCUT2D eigenvalue weighted by molar-refractivity contribution is -0.117. The molecule has 7 heteroatoms. The van der Waals surface area contributed by atoms with Crippen molar-refractivity contribution in [2.45, 2.75) is 13.8 Å². The van der Waals surface area contributed by atoms with Crippen molar-refractivity contribution in [1.29, 1.82) is 0 Å². The molecule has 0 saturated carbocycles. The highest BCUT2D eigenvalue weighted by Crippen LogP contribution is 2.34. The summed E-state index contributed by atoms with van der Waals surface area (Å²) in [6.07, 6.45) is 0. The third-order valence-electron chi connectivity index (χ3n) is 6.12. The van der Waals surface area contributed by atoms with Gasteiger partial charge in [-0.1, -0.05) is 26.0 Å². The van der Waals surface area contributed by atoms with Crippen molar-refractivity contribution >= 4 is 34.0 Å². The summed E-state index contributed by atoms with van der Waals surface area (Å²) < 4.78 is 10.7. The minimum absolute atomic E-state index is 0.0219. The van der Waals surface area contributed by atoms with Crippen molar-refractivity contribution in [1.82, 2.24) is 9.88 Å². The molecule has 3 aromatic carbocycles. The van der Waals surface area contributed by atoms with Crippen LogP contribution in [0.4, 0.5) is 17.2 Å². The molecule has 2 N–H and O–H groups in total. The maximum atomic E-state index is 12.3. The SMILES string of the molecule is CCN(CC)CC(=O)Nc1ccc(Nc2nc3cc(OC)ccc3cc2-c2ccc(OC)cc2)cc1. The zero-order valence-corrected chi connectivity index (χ0v) is 21.2. The van der Waals surface area contributed by atoms with E-state index in [1.54, 1.807) is 14.2 Å². The highest BCUT2D eigenvalue weighted by Gasteiger charge is 2.12. The molecule has 1 amide bonds. The molecule has 1 aromatic heterocycles. The number of pyridine rings is 1. The Morgan fingerprint density at radius 1 is 0.833 bits per heavy atom. The van der Waals surface area contributed by atoms with Gasteiger partial charge in [0.2, 0.25) is 5.91 Å². The molecular weight excluding hydrogens is 452 g/mol. The number of nitrogens with zero attached hydrogens (tertiary/aromatic N) is 2. The maximum absolute atomic E-state index is 12.3. The van der Waals surface area contributed by atoms with Gasteiger partial charge in [-0.3, -0.25) is 9.69 Å². The van der Waals surface area contributed by atoms with Crippen LogP contribution in [-0.4, -0.2) is 49.6 Å². The Labute approximate surface area is 212 Å². The second kappa shape index (κ2) is 11.6. The van der Waals surface area contributed by atoms with Crippen LogP contribution < -0.4 is 20.1 Å². The van der Waals surface area contributed by atoms with Gasteiger partial charge in [0.25, 0.3) is 0 Å². The zero-order chi connectivity index (χ0) is 25.5. The fourth-order valence-electron chi connectivity index (χ4n) is 3.98. The number of fused-ring (bicyclic) bond motifs is 1. The molecule has 0 aliphatic carbocycles. The monoisotopic (exact) mass is 484 g/mol. The molecule has 7 nitrogen and oxygen atoms in total. The standard InChI is InChI=1S/C29H32N4O3/c1-5-33(6-2)19-28(34)30-22-10-12-23(13-11-22)31-29-26(20-7-14-24(35-3)15-8-20)17-21-9-16-25(36-4)18-27(21)32-29/h7-18H,5-6,19H2,1-4H3,(H,30,34)(H,31,32). The molecule has 1 heterocycles. The van der Waals surface area contributed by atoms with E-state index in [0.717, 1.165) is 63.8 Å². The van der Waals surface area contributed by atoms with Crippen molar-refractivity contribution < 1.29 is 14.3 Å². The van der Waals surface area contributed by atoms with Crippen LogP contribution in [0.3, 0.4) is 0 Å². The Balaban J connectivity index is 1.61. The summed E-state index contributed by atoms with van der Waals surface area (Å²) in [5, 5.41) is 7.44. The normalized spacial score (nSPS) is 10.9. The summed E-state index contributed by atoms with van der Waals surface area (Å²) in [5.41, 5.74) is 4.43. The Kier molecular flexibility index (Phi) is 8.02. The van der Waals surface area contributed by atoms with E-state index in [2.05, 4.69) is 21.6 Å². The van der Waals surface area contributed by atoms with E-state index in [0.29, 0.717) is 6.54 Å². The molecule has 0 radical (unpaired) electrons. The third kappa shape index (κ3) is 5.93. The minimum atomic E-state index is -0.0219. The largest absolute Gasteiger partial charge is 0.497 e. The number of anilines is 3. The second-order valence-corrected chi connectivity index (χ2v) is 8.38. The van der Waals surface area contributed by atoms with Gasteiger partial charge in [0, 0.05) is 28.4 Å². The highest BCUT2D eigenvalue weighted by atomic mass is 16.5. The summed E-state index contributed by atoms with van der Waals surface area (Å²) in [7, 11) is 3.30. The Hall–Kier alpha value is -4.10. The Morgan fingerprint density at radius 3 is 2.11 bits per heavy atom. The van der Waals surface area contributed by atoms with Crippen LogP contribution in [0.5, 0.6) is 11.5 Å². The molecule has 0 fully saturated rings. The number of likely N-dealkylation sites (N-methyl/N-ethyl adjacent to an activating group) is 1. The lowest BCUT2D eigenvalue weighted by Gasteiger charge is -2.17. The van der Waals surface area contributed by atoms with Gasteiger partial charge in [0.05, 0.1) is 26.3 Å². The number of methoxy groups -OCH3 is 2. The van der Waals surface area contributed by atoms with Gasteiger partial charge in [0.15, 0.2) is 0 Å². The number of amides is 1. The van der Waals surface area contributed by atoms with Crippen LogP contribution >= 0.6 is 0 Å². The van der Waals surface area contributed by atoms with Crippen molar-refractivity contribution in [3.8, 4) is 22.6 Å². The number of hydrogen-bond donors (Lipinski definition) is 2. The van der Waals surface area contributed by atoms with Crippen LogP contribution in [0.25, 0.3) is 22.0 Å². The number of carbonyl (C=O) groups excluding carboxylic acids is 1. The average Bonchev–Trinajstić information content (AvgIpc) is 2.92. The smallest absolute Gasteiger partial charge is 0.238 e. The summed E-state index contributed by atoms with van der Waals surface area (Å²) in [5.74, 6) is 2.25. The highest BCUT2D eigenvalue weighted by molar-refractivity contribution is 5.93. The molecule has 4 rings (SSSR count). The van der Waals surface area contributed by atoms with Gasteiger partial charge in [0.1, 0.15) is 17.3 Å². The van der Waals surface area contributed by atoms with Crippen LogP contribution in [-0.2, 0) is 4.79 Å². The van der Waals surface area contributed by atoms with Crippen LogP contribution in [0.1, 0.15) is 13.8 Å². The lowest BCUT2D eigenvalue weighted by Crippen LogP contribution is -2.32. The van der Waals surface area contributed by atoms with Crippen LogP contribution in [0, 0.1) is 0 Å². The third-order valence-corrected chi connectivity index (χ3v) is 6.12. The van der Waals surface area contributed by atoms with E-state index < -0.39 is 0 Å². The first-order valence-corrected chi connectivity index (χ1v) is 12.1. The molecule has 4 aromatic rings. The molecule has 0 atom stereocenters. The second-order valence-electron chi connectivity index (χ2n) is 8.38. The predicted octanol–water partition coefficient (Wildman–Crippen LogP) is 5.94. The molecule has 186 valence electrons. The quantitative estimate of drug-likeness (QED) is 0.290. The Morgan fingerprint density at radius 2 is 1.47 bits per heavy atom. The van der Waals surface area contributed by atoms with E-state index in [-0.39, 0.29) is 5.91 Å². The lowest BCUT2D eigenvalue weighted by atomic mass is 10.0. The first-order chi connectivity index (χ1) is 17.5. The zero-order valence-electron chi connectivity index (χ0n) is 21.2. The van der Waals surface area contributed by atoms with Crippen molar-refractivity contribution in [3.63, 3.8) is 0 Å². The maximum Gasteiger partial charge on any atom is 0.238 e. The number of carbonyl (C=O) groups is 1. The number of aromatic nitrogens is 1. The molecule has 0 bridgehead atoms. The molecule has 0 saturated heterocycles. The molecule has 36 heavy (non-hydrogen) atoms. The summed E-state index contributed by atoms with van der Waals surface area (Å²) >= 11 is 0. The van der Waals surface area contributed by atoms with E-state index in [9.17, 15) is 4.79 Å². The first-order valence-electron chi connectivity index (χ1n) is 12.1.